The number of halogens is 3. The monoisotopic (exact) mass is 205 g/mol. The number of aliphatic hydroxyl groups excluding tert-OH is 1. The van der Waals surface area contributed by atoms with E-state index < -0.39 is 29.1 Å². The molecule has 1 aromatic heterocycles. The molecule has 0 unspecified atom stereocenters. The number of aromatic hydroxyl groups is 1. The zero-order valence-electron chi connectivity index (χ0n) is 6.84. The number of nitrogens with zero attached hydrogens (tertiary/aromatic N) is 1. The minimum Gasteiger partial charge on any atom is -0.508 e. The molecule has 1 heterocycles. The molecule has 0 spiro atoms. The van der Waals surface area contributed by atoms with Crippen LogP contribution in [0.4, 0.5) is 13.2 Å². The number of rotatable bonds is 1. The highest BCUT2D eigenvalue weighted by molar-refractivity contribution is 5.59. The standard InChI is InChI=1S/C8H6F3NO2/c1-4(13)5-2-3-6(14)12-7(5)8(9,10)11/h2-3,13H,1H2,(H,12,14). The quantitative estimate of drug-likeness (QED) is 0.692. The first kappa shape index (κ1) is 10.4. The molecule has 3 nitrogen and oxygen atoms in total. The average Bonchev–Trinajstić information content (AvgIpc) is 2.01. The van der Waals surface area contributed by atoms with Crippen molar-refractivity contribution in [2.24, 2.45) is 0 Å². The Balaban J connectivity index is 3.38. The lowest BCUT2D eigenvalue weighted by molar-refractivity contribution is -0.141. The summed E-state index contributed by atoms with van der Waals surface area (Å²) in [5, 5.41) is 17.6. The molecule has 0 aliphatic rings. The van der Waals surface area contributed by atoms with Gasteiger partial charge < -0.3 is 10.2 Å². The molecule has 6 heteroatoms. The number of alkyl halides is 3. The third kappa shape index (κ3) is 1.95. The van der Waals surface area contributed by atoms with E-state index in [2.05, 4.69) is 11.6 Å². The second-order valence-corrected chi connectivity index (χ2v) is 2.51. The highest BCUT2D eigenvalue weighted by Crippen LogP contribution is 2.33. The second-order valence-electron chi connectivity index (χ2n) is 2.51. The molecule has 0 saturated carbocycles. The molecule has 0 radical (unpaired) electrons. The summed E-state index contributed by atoms with van der Waals surface area (Å²) in [5.74, 6) is -1.51. The maximum Gasteiger partial charge on any atom is 0.434 e. The summed E-state index contributed by atoms with van der Waals surface area (Å²) < 4.78 is 36.8. The van der Waals surface area contributed by atoms with Gasteiger partial charge in [-0.25, -0.2) is 4.98 Å². The number of hydrogen-bond acceptors (Lipinski definition) is 3. The first-order chi connectivity index (χ1) is 6.32. The van der Waals surface area contributed by atoms with Crippen LogP contribution in [0.5, 0.6) is 5.88 Å². The molecule has 0 aromatic carbocycles. The van der Waals surface area contributed by atoms with Gasteiger partial charge in [0.05, 0.1) is 0 Å². The van der Waals surface area contributed by atoms with E-state index in [0.29, 0.717) is 0 Å². The Morgan fingerprint density at radius 1 is 1.36 bits per heavy atom. The predicted molar refractivity (Wildman–Crippen MR) is 42.6 cm³/mol. The molecule has 0 bridgehead atoms. The van der Waals surface area contributed by atoms with Crippen molar-refractivity contribution in [2.75, 3.05) is 0 Å². The lowest BCUT2D eigenvalue weighted by Crippen LogP contribution is -2.11. The summed E-state index contributed by atoms with van der Waals surface area (Å²) >= 11 is 0. The summed E-state index contributed by atoms with van der Waals surface area (Å²) in [6.45, 7) is 2.96. The SMILES string of the molecule is C=C(O)c1ccc(O)nc1C(F)(F)F. The lowest BCUT2D eigenvalue weighted by atomic mass is 10.1. The molecule has 0 saturated heterocycles. The first-order valence-electron chi connectivity index (χ1n) is 3.48. The summed E-state index contributed by atoms with van der Waals surface area (Å²) in [6, 6.07) is 1.83. The minimum atomic E-state index is -4.74. The third-order valence-electron chi connectivity index (χ3n) is 1.46. The van der Waals surface area contributed by atoms with E-state index in [0.717, 1.165) is 12.1 Å². The van der Waals surface area contributed by atoms with Crippen molar-refractivity contribution in [3.8, 4) is 5.88 Å². The lowest BCUT2D eigenvalue weighted by Gasteiger charge is -2.10. The van der Waals surface area contributed by atoms with E-state index in [1.165, 1.54) is 0 Å². The molecule has 14 heavy (non-hydrogen) atoms. The molecule has 1 aromatic rings. The summed E-state index contributed by atoms with van der Waals surface area (Å²) in [4.78, 5) is 2.88. The fraction of sp³-hybridized carbons (Fsp3) is 0.125. The normalized spacial score (nSPS) is 11.4. The van der Waals surface area contributed by atoms with Crippen molar-refractivity contribution in [2.45, 2.75) is 6.18 Å². The van der Waals surface area contributed by atoms with E-state index in [9.17, 15) is 13.2 Å². The van der Waals surface area contributed by atoms with Crippen LogP contribution in [0, 0.1) is 0 Å². The Morgan fingerprint density at radius 2 is 1.93 bits per heavy atom. The Bertz CT molecular complexity index is 373. The van der Waals surface area contributed by atoms with E-state index in [1.807, 2.05) is 0 Å². The average molecular weight is 205 g/mol. The van der Waals surface area contributed by atoms with Crippen LogP contribution >= 0.6 is 0 Å². The number of aromatic nitrogens is 1. The van der Waals surface area contributed by atoms with Crippen molar-refractivity contribution in [3.63, 3.8) is 0 Å². The number of aliphatic hydroxyl groups is 1. The van der Waals surface area contributed by atoms with E-state index >= 15 is 0 Å². The highest BCUT2D eigenvalue weighted by atomic mass is 19.4. The van der Waals surface area contributed by atoms with Crippen LogP contribution in [0.15, 0.2) is 18.7 Å². The van der Waals surface area contributed by atoms with Gasteiger partial charge >= 0.3 is 6.18 Å². The molecule has 0 aliphatic heterocycles. The maximum absolute atomic E-state index is 12.3. The Kier molecular flexibility index (Phi) is 2.37. The topological polar surface area (TPSA) is 53.4 Å². The maximum atomic E-state index is 12.3. The Morgan fingerprint density at radius 3 is 2.36 bits per heavy atom. The zero-order valence-corrected chi connectivity index (χ0v) is 6.84. The first-order valence-corrected chi connectivity index (χ1v) is 3.48. The second kappa shape index (κ2) is 3.21. The van der Waals surface area contributed by atoms with Crippen LogP contribution in [0.25, 0.3) is 5.76 Å². The zero-order chi connectivity index (χ0) is 10.9. The van der Waals surface area contributed by atoms with Crippen LogP contribution in [-0.2, 0) is 6.18 Å². The predicted octanol–water partition coefficient (Wildman–Crippen LogP) is 2.33. The van der Waals surface area contributed by atoms with Gasteiger partial charge in [0, 0.05) is 11.6 Å². The van der Waals surface area contributed by atoms with Gasteiger partial charge in [-0.1, -0.05) is 6.58 Å². The molecule has 1 rings (SSSR count). The van der Waals surface area contributed by atoms with Gasteiger partial charge in [-0.05, 0) is 6.07 Å². The Labute approximate surface area is 77.1 Å². The summed E-state index contributed by atoms with van der Waals surface area (Å²) in [7, 11) is 0. The van der Waals surface area contributed by atoms with Crippen LogP contribution < -0.4 is 0 Å². The molecule has 0 atom stereocenters. The largest absolute Gasteiger partial charge is 0.508 e. The van der Waals surface area contributed by atoms with Crippen LogP contribution in [0.3, 0.4) is 0 Å². The number of hydrogen-bond donors (Lipinski definition) is 2. The van der Waals surface area contributed by atoms with Crippen molar-refractivity contribution in [1.82, 2.24) is 4.98 Å². The van der Waals surface area contributed by atoms with Gasteiger partial charge in [0.15, 0.2) is 5.69 Å². The molecule has 0 fully saturated rings. The van der Waals surface area contributed by atoms with E-state index in [-0.39, 0.29) is 0 Å². The van der Waals surface area contributed by atoms with Gasteiger partial charge in [0.2, 0.25) is 5.88 Å². The van der Waals surface area contributed by atoms with Crippen LogP contribution in [0.2, 0.25) is 0 Å². The van der Waals surface area contributed by atoms with Gasteiger partial charge in [0.1, 0.15) is 5.76 Å². The van der Waals surface area contributed by atoms with Gasteiger partial charge in [-0.3, -0.25) is 0 Å². The molecular formula is C8H6F3NO2. The van der Waals surface area contributed by atoms with Gasteiger partial charge in [0.25, 0.3) is 0 Å². The molecular weight excluding hydrogens is 199 g/mol. The van der Waals surface area contributed by atoms with Gasteiger partial charge in [-0.2, -0.15) is 13.2 Å². The smallest absolute Gasteiger partial charge is 0.434 e. The summed E-state index contributed by atoms with van der Waals surface area (Å²) in [5.41, 5.74) is -1.90. The fourth-order valence-corrected chi connectivity index (χ4v) is 0.898. The molecule has 0 aliphatic carbocycles. The van der Waals surface area contributed by atoms with Gasteiger partial charge in [-0.15, -0.1) is 0 Å². The molecule has 2 N–H and O–H groups in total. The van der Waals surface area contributed by atoms with Crippen molar-refractivity contribution >= 4 is 5.76 Å². The van der Waals surface area contributed by atoms with E-state index in [1.54, 1.807) is 0 Å². The van der Waals surface area contributed by atoms with Crippen LogP contribution in [0.1, 0.15) is 11.3 Å². The molecule has 0 amide bonds. The third-order valence-corrected chi connectivity index (χ3v) is 1.46. The highest BCUT2D eigenvalue weighted by Gasteiger charge is 2.36. The van der Waals surface area contributed by atoms with E-state index in [4.69, 9.17) is 10.2 Å². The van der Waals surface area contributed by atoms with Crippen molar-refractivity contribution in [1.29, 1.82) is 0 Å². The molecule has 76 valence electrons. The van der Waals surface area contributed by atoms with Crippen molar-refractivity contribution in [3.05, 3.63) is 30.0 Å². The summed E-state index contributed by atoms with van der Waals surface area (Å²) in [6.07, 6.45) is -4.74. The van der Waals surface area contributed by atoms with Crippen molar-refractivity contribution < 1.29 is 23.4 Å². The van der Waals surface area contributed by atoms with Crippen LogP contribution in [-0.4, -0.2) is 15.2 Å². The fourth-order valence-electron chi connectivity index (χ4n) is 0.898. The Hall–Kier alpha value is -1.72. The minimum absolute atomic E-state index is 0.546. The number of pyridine rings is 1.